The first-order valence-electron chi connectivity index (χ1n) is 8.55. The number of benzene rings is 2. The third-order valence-corrected chi connectivity index (χ3v) is 4.92. The molecule has 2 N–H and O–H groups in total. The maximum atomic E-state index is 13.0. The standard InChI is InChI=1S/C19H19N5O2/c1-24-17(25)10-8-14(18(24)12-5-3-2-4-6-12)19(26)20-13-7-9-15-16(11-13)22-23-21-15/h2-7,9,11,14,18H,8,10H2,1H3,(H,20,26)(H,21,22,23)/t14-,18+/m1/s1. The molecule has 1 aliphatic heterocycles. The number of carbonyl (C=O) groups is 2. The topological polar surface area (TPSA) is 91.0 Å². The highest BCUT2D eigenvalue weighted by molar-refractivity contribution is 5.96. The van der Waals surface area contributed by atoms with Crippen molar-refractivity contribution in [2.24, 2.45) is 5.92 Å². The van der Waals surface area contributed by atoms with Crippen molar-refractivity contribution in [1.82, 2.24) is 20.3 Å². The van der Waals surface area contributed by atoms with Crippen LogP contribution in [0.2, 0.25) is 0 Å². The Balaban J connectivity index is 1.60. The average molecular weight is 349 g/mol. The van der Waals surface area contributed by atoms with Crippen LogP contribution >= 0.6 is 0 Å². The van der Waals surface area contributed by atoms with Gasteiger partial charge in [-0.2, -0.15) is 15.4 Å². The molecule has 7 nitrogen and oxygen atoms in total. The van der Waals surface area contributed by atoms with Crippen molar-refractivity contribution >= 4 is 28.5 Å². The highest BCUT2D eigenvalue weighted by Gasteiger charge is 2.38. The molecule has 26 heavy (non-hydrogen) atoms. The molecule has 2 amide bonds. The third-order valence-electron chi connectivity index (χ3n) is 4.92. The summed E-state index contributed by atoms with van der Waals surface area (Å²) < 4.78 is 0. The van der Waals surface area contributed by atoms with Gasteiger partial charge in [-0.25, -0.2) is 0 Å². The first-order valence-corrected chi connectivity index (χ1v) is 8.55. The fourth-order valence-corrected chi connectivity index (χ4v) is 3.57. The molecule has 1 fully saturated rings. The lowest BCUT2D eigenvalue weighted by molar-refractivity contribution is -0.140. The molecule has 4 rings (SSSR count). The van der Waals surface area contributed by atoms with Gasteiger partial charge in [-0.15, -0.1) is 0 Å². The number of H-pyrrole nitrogens is 1. The largest absolute Gasteiger partial charge is 0.338 e. The second-order valence-corrected chi connectivity index (χ2v) is 6.52. The molecule has 0 bridgehead atoms. The van der Waals surface area contributed by atoms with Gasteiger partial charge in [0, 0.05) is 19.2 Å². The minimum Gasteiger partial charge on any atom is -0.338 e. The van der Waals surface area contributed by atoms with E-state index in [1.165, 1.54) is 0 Å². The van der Waals surface area contributed by atoms with E-state index in [4.69, 9.17) is 0 Å². The van der Waals surface area contributed by atoms with Crippen molar-refractivity contribution in [3.63, 3.8) is 0 Å². The molecule has 1 aliphatic rings. The number of amides is 2. The van der Waals surface area contributed by atoms with E-state index >= 15 is 0 Å². The molecule has 132 valence electrons. The van der Waals surface area contributed by atoms with Gasteiger partial charge in [-0.3, -0.25) is 9.59 Å². The van der Waals surface area contributed by atoms with Gasteiger partial charge in [0.15, 0.2) is 0 Å². The number of rotatable bonds is 3. The second-order valence-electron chi connectivity index (χ2n) is 6.52. The molecule has 0 unspecified atom stereocenters. The van der Waals surface area contributed by atoms with Crippen LogP contribution in [0.15, 0.2) is 48.5 Å². The number of hydrogen-bond acceptors (Lipinski definition) is 4. The molecule has 2 heterocycles. The average Bonchev–Trinajstić information content (AvgIpc) is 3.12. The first kappa shape index (κ1) is 16.3. The Bertz CT molecular complexity index is 953. The van der Waals surface area contributed by atoms with Crippen molar-refractivity contribution in [3.8, 4) is 0 Å². The van der Waals surface area contributed by atoms with Gasteiger partial charge >= 0.3 is 0 Å². The molecule has 2 atom stereocenters. The maximum Gasteiger partial charge on any atom is 0.229 e. The van der Waals surface area contributed by atoms with Gasteiger partial charge in [-0.1, -0.05) is 30.3 Å². The Morgan fingerprint density at radius 1 is 1.15 bits per heavy atom. The monoisotopic (exact) mass is 349 g/mol. The predicted octanol–water partition coefficient (Wildman–Crippen LogP) is 2.51. The lowest BCUT2D eigenvalue weighted by atomic mass is 9.84. The van der Waals surface area contributed by atoms with E-state index in [0.717, 1.165) is 11.1 Å². The third kappa shape index (κ3) is 2.92. The summed E-state index contributed by atoms with van der Waals surface area (Å²) in [7, 11) is 1.76. The van der Waals surface area contributed by atoms with Crippen LogP contribution in [0.5, 0.6) is 0 Å². The van der Waals surface area contributed by atoms with E-state index in [1.807, 2.05) is 30.3 Å². The number of hydrogen-bond donors (Lipinski definition) is 2. The fourth-order valence-electron chi connectivity index (χ4n) is 3.57. The van der Waals surface area contributed by atoms with E-state index in [0.29, 0.717) is 24.0 Å². The summed E-state index contributed by atoms with van der Waals surface area (Å²) in [6, 6.07) is 14.8. The second kappa shape index (κ2) is 6.59. The number of aromatic nitrogens is 3. The highest BCUT2D eigenvalue weighted by atomic mass is 16.2. The van der Waals surface area contributed by atoms with Gasteiger partial charge < -0.3 is 10.2 Å². The Morgan fingerprint density at radius 2 is 1.92 bits per heavy atom. The number of fused-ring (bicyclic) bond motifs is 1. The van der Waals surface area contributed by atoms with Gasteiger partial charge in [0.2, 0.25) is 11.8 Å². The van der Waals surface area contributed by atoms with Crippen molar-refractivity contribution in [2.45, 2.75) is 18.9 Å². The van der Waals surface area contributed by atoms with Crippen molar-refractivity contribution in [2.75, 3.05) is 12.4 Å². The first-order chi connectivity index (χ1) is 12.6. The summed E-state index contributed by atoms with van der Waals surface area (Å²) in [6.07, 6.45) is 0.904. The van der Waals surface area contributed by atoms with Crippen LogP contribution in [0.25, 0.3) is 11.0 Å². The minimum atomic E-state index is -0.312. The number of anilines is 1. The molecular weight excluding hydrogens is 330 g/mol. The highest BCUT2D eigenvalue weighted by Crippen LogP contribution is 2.36. The normalized spacial score (nSPS) is 20.3. The molecule has 3 aromatic rings. The van der Waals surface area contributed by atoms with Crippen LogP contribution in [-0.2, 0) is 9.59 Å². The summed E-state index contributed by atoms with van der Waals surface area (Å²) in [5.41, 5.74) is 3.07. The molecule has 1 aromatic heterocycles. The van der Waals surface area contributed by atoms with Crippen molar-refractivity contribution in [3.05, 3.63) is 54.1 Å². The predicted molar refractivity (Wildman–Crippen MR) is 97.2 cm³/mol. The lowest BCUT2D eigenvalue weighted by Gasteiger charge is -2.38. The maximum absolute atomic E-state index is 13.0. The SMILES string of the molecule is CN1C(=O)CC[C@@H](C(=O)Nc2ccc3n[nH]nc3c2)[C@@H]1c1ccccc1. The van der Waals surface area contributed by atoms with Crippen molar-refractivity contribution < 1.29 is 9.59 Å². The summed E-state index contributed by atoms with van der Waals surface area (Å²) in [6.45, 7) is 0. The Labute approximate surface area is 150 Å². The summed E-state index contributed by atoms with van der Waals surface area (Å²) >= 11 is 0. The fraction of sp³-hybridized carbons (Fsp3) is 0.263. The Hall–Kier alpha value is -3.22. The lowest BCUT2D eigenvalue weighted by Crippen LogP contribution is -2.44. The molecule has 1 saturated heterocycles. The van der Waals surface area contributed by atoms with Crippen LogP contribution in [-0.4, -0.2) is 39.2 Å². The van der Waals surface area contributed by atoms with Gasteiger partial charge in [0.05, 0.1) is 12.0 Å². The number of nitrogens with zero attached hydrogens (tertiary/aromatic N) is 3. The van der Waals surface area contributed by atoms with Crippen molar-refractivity contribution in [1.29, 1.82) is 0 Å². The summed E-state index contributed by atoms with van der Waals surface area (Å²) in [5, 5.41) is 13.6. The molecule has 7 heteroatoms. The van der Waals surface area contributed by atoms with E-state index in [2.05, 4.69) is 20.7 Å². The number of aromatic amines is 1. The zero-order valence-electron chi connectivity index (χ0n) is 14.3. The van der Waals surface area contributed by atoms with E-state index in [-0.39, 0.29) is 23.8 Å². The Morgan fingerprint density at radius 3 is 2.73 bits per heavy atom. The number of carbonyl (C=O) groups excluding carboxylic acids is 2. The zero-order chi connectivity index (χ0) is 18.1. The number of nitrogens with one attached hydrogen (secondary N) is 2. The van der Waals surface area contributed by atoms with Gasteiger partial charge in [0.25, 0.3) is 0 Å². The quantitative estimate of drug-likeness (QED) is 0.760. The molecule has 2 aromatic carbocycles. The van der Waals surface area contributed by atoms with Crippen LogP contribution in [0, 0.1) is 5.92 Å². The van der Waals surface area contributed by atoms with Gasteiger partial charge in [0.1, 0.15) is 11.0 Å². The number of likely N-dealkylation sites (tertiary alicyclic amines) is 1. The van der Waals surface area contributed by atoms with E-state index in [9.17, 15) is 9.59 Å². The minimum absolute atomic E-state index is 0.0620. The van der Waals surface area contributed by atoms with Gasteiger partial charge in [-0.05, 0) is 30.2 Å². The van der Waals surface area contributed by atoms with Crippen LogP contribution < -0.4 is 5.32 Å². The molecular formula is C19H19N5O2. The van der Waals surface area contributed by atoms with Crippen LogP contribution in [0.1, 0.15) is 24.4 Å². The number of piperidine rings is 1. The molecule has 0 spiro atoms. The molecule has 0 saturated carbocycles. The molecule has 0 radical (unpaired) electrons. The van der Waals surface area contributed by atoms with Crippen LogP contribution in [0.3, 0.4) is 0 Å². The van der Waals surface area contributed by atoms with E-state index < -0.39 is 0 Å². The summed E-state index contributed by atoms with van der Waals surface area (Å²) in [5.74, 6) is -0.346. The smallest absolute Gasteiger partial charge is 0.229 e. The van der Waals surface area contributed by atoms with Crippen LogP contribution in [0.4, 0.5) is 5.69 Å². The zero-order valence-corrected chi connectivity index (χ0v) is 14.3. The summed E-state index contributed by atoms with van der Waals surface area (Å²) in [4.78, 5) is 26.9. The van der Waals surface area contributed by atoms with E-state index in [1.54, 1.807) is 30.1 Å². The Kier molecular flexibility index (Phi) is 4.12. The molecule has 0 aliphatic carbocycles.